The SMILES string of the molecule is C=COc1ccc2cc(C3(c4ccc5cc(OC=C)ccc5c4)c4ccccc4Cc4ccccc43)ccc2c1. The first-order chi connectivity index (χ1) is 19.7. The quantitative estimate of drug-likeness (QED) is 0.205. The number of benzene rings is 6. The predicted molar refractivity (Wildman–Crippen MR) is 164 cm³/mol. The molecule has 0 bridgehead atoms. The molecule has 1 aliphatic rings. The zero-order valence-electron chi connectivity index (χ0n) is 22.1. The van der Waals surface area contributed by atoms with E-state index in [1.165, 1.54) is 56.7 Å². The highest BCUT2D eigenvalue weighted by molar-refractivity contribution is 5.88. The molecule has 0 aromatic heterocycles. The molecular formula is C38H28O2. The van der Waals surface area contributed by atoms with Gasteiger partial charge in [-0.1, -0.05) is 98.1 Å². The monoisotopic (exact) mass is 516 g/mol. The maximum atomic E-state index is 5.56. The van der Waals surface area contributed by atoms with Gasteiger partial charge in [0.1, 0.15) is 11.5 Å². The molecule has 0 spiro atoms. The van der Waals surface area contributed by atoms with Crippen molar-refractivity contribution in [2.24, 2.45) is 0 Å². The van der Waals surface area contributed by atoms with Gasteiger partial charge in [-0.15, -0.1) is 0 Å². The molecule has 0 amide bonds. The molecule has 0 unspecified atom stereocenters. The van der Waals surface area contributed by atoms with Crippen LogP contribution in [0.2, 0.25) is 0 Å². The van der Waals surface area contributed by atoms with Gasteiger partial charge < -0.3 is 9.47 Å². The summed E-state index contributed by atoms with van der Waals surface area (Å²) in [4.78, 5) is 0. The van der Waals surface area contributed by atoms with Crippen molar-refractivity contribution >= 4 is 21.5 Å². The number of fused-ring (bicyclic) bond motifs is 4. The Hall–Kier alpha value is -5.08. The molecule has 2 nitrogen and oxygen atoms in total. The third-order valence-corrected chi connectivity index (χ3v) is 8.15. The van der Waals surface area contributed by atoms with Gasteiger partial charge in [0.25, 0.3) is 0 Å². The molecule has 0 fully saturated rings. The molecule has 7 rings (SSSR count). The molecule has 0 saturated carbocycles. The van der Waals surface area contributed by atoms with Gasteiger partial charge in [0.15, 0.2) is 0 Å². The average molecular weight is 517 g/mol. The van der Waals surface area contributed by atoms with Crippen LogP contribution in [-0.4, -0.2) is 0 Å². The minimum Gasteiger partial charge on any atom is -0.466 e. The summed E-state index contributed by atoms with van der Waals surface area (Å²) in [5.41, 5.74) is 7.35. The first kappa shape index (κ1) is 24.0. The lowest BCUT2D eigenvalue weighted by molar-refractivity contribution is 0.484. The topological polar surface area (TPSA) is 18.5 Å². The normalized spacial score (nSPS) is 13.3. The summed E-state index contributed by atoms with van der Waals surface area (Å²) in [7, 11) is 0. The fourth-order valence-corrected chi connectivity index (χ4v) is 6.47. The Labute approximate surface area is 234 Å². The van der Waals surface area contributed by atoms with Gasteiger partial charge in [-0.2, -0.15) is 0 Å². The van der Waals surface area contributed by atoms with Crippen LogP contribution in [0.5, 0.6) is 11.5 Å². The number of hydrogen-bond acceptors (Lipinski definition) is 2. The molecule has 0 atom stereocenters. The standard InChI is InChI=1S/C38H28O2/c1-3-39-34-19-15-26-22-32(17-13-28(26)24-34)38(33-18-14-29-25-35(40-4-2)20-16-27(29)23-33)36-11-7-5-9-30(36)21-31-10-6-8-12-37(31)38/h3-20,22-25H,1-2,21H2. The van der Waals surface area contributed by atoms with Gasteiger partial charge >= 0.3 is 0 Å². The average Bonchev–Trinajstić information content (AvgIpc) is 3.00. The summed E-state index contributed by atoms with van der Waals surface area (Å²) in [6.07, 6.45) is 3.85. The molecule has 0 N–H and O–H groups in total. The van der Waals surface area contributed by atoms with Crippen LogP contribution in [0, 0.1) is 0 Å². The maximum Gasteiger partial charge on any atom is 0.127 e. The van der Waals surface area contributed by atoms with Crippen LogP contribution >= 0.6 is 0 Å². The molecule has 6 aromatic rings. The molecule has 0 saturated heterocycles. The molecule has 2 heteroatoms. The molecule has 6 aromatic carbocycles. The first-order valence-electron chi connectivity index (χ1n) is 13.5. The van der Waals surface area contributed by atoms with E-state index in [1.54, 1.807) is 0 Å². The smallest absolute Gasteiger partial charge is 0.127 e. The Balaban J connectivity index is 1.55. The summed E-state index contributed by atoms with van der Waals surface area (Å²) in [5.74, 6) is 1.57. The van der Waals surface area contributed by atoms with Crippen molar-refractivity contribution in [3.8, 4) is 11.5 Å². The molecule has 1 aliphatic carbocycles. The highest BCUT2D eigenvalue weighted by atomic mass is 16.5. The van der Waals surface area contributed by atoms with E-state index in [9.17, 15) is 0 Å². The van der Waals surface area contributed by atoms with Crippen LogP contribution in [0.15, 0.2) is 147 Å². The number of ether oxygens (including phenoxy) is 2. The third kappa shape index (κ3) is 3.72. The van der Waals surface area contributed by atoms with Gasteiger partial charge in [0.05, 0.1) is 17.9 Å². The van der Waals surface area contributed by atoms with Crippen LogP contribution in [0.4, 0.5) is 0 Å². The van der Waals surface area contributed by atoms with E-state index in [0.29, 0.717) is 0 Å². The molecule has 192 valence electrons. The molecule has 0 radical (unpaired) electrons. The summed E-state index contributed by atoms with van der Waals surface area (Å²) in [6.45, 7) is 7.40. The fourth-order valence-electron chi connectivity index (χ4n) is 6.47. The summed E-state index contributed by atoms with van der Waals surface area (Å²) in [5, 5.41) is 4.59. The van der Waals surface area contributed by atoms with E-state index >= 15 is 0 Å². The predicted octanol–water partition coefficient (Wildman–Crippen LogP) is 9.32. The summed E-state index contributed by atoms with van der Waals surface area (Å²) < 4.78 is 11.1. The van der Waals surface area contributed by atoms with Crippen molar-refractivity contribution in [3.63, 3.8) is 0 Å². The summed E-state index contributed by atoms with van der Waals surface area (Å²) >= 11 is 0. The van der Waals surface area contributed by atoms with Crippen LogP contribution in [0.3, 0.4) is 0 Å². The fraction of sp³-hybridized carbons (Fsp3) is 0.0526. The highest BCUT2D eigenvalue weighted by Gasteiger charge is 2.43. The zero-order chi connectivity index (χ0) is 27.1. The first-order valence-corrected chi connectivity index (χ1v) is 13.5. The van der Waals surface area contributed by atoms with Crippen molar-refractivity contribution in [2.45, 2.75) is 11.8 Å². The lowest BCUT2D eigenvalue weighted by Gasteiger charge is -2.42. The van der Waals surface area contributed by atoms with Crippen molar-refractivity contribution in [1.29, 1.82) is 0 Å². The van der Waals surface area contributed by atoms with Gasteiger partial charge in [-0.05, 0) is 97.7 Å². The lowest BCUT2D eigenvalue weighted by Crippen LogP contribution is -2.36. The van der Waals surface area contributed by atoms with Crippen LogP contribution in [-0.2, 0) is 11.8 Å². The molecule has 0 aliphatic heterocycles. The number of rotatable bonds is 6. The lowest BCUT2D eigenvalue weighted by atomic mass is 9.59. The van der Waals surface area contributed by atoms with Gasteiger partial charge in [-0.25, -0.2) is 0 Å². The van der Waals surface area contributed by atoms with Crippen molar-refractivity contribution < 1.29 is 9.47 Å². The maximum absolute atomic E-state index is 5.56. The van der Waals surface area contributed by atoms with E-state index in [4.69, 9.17) is 9.47 Å². The van der Waals surface area contributed by atoms with Crippen molar-refractivity contribution in [1.82, 2.24) is 0 Å². The van der Waals surface area contributed by atoms with Crippen LogP contribution < -0.4 is 9.47 Å². The molecule has 40 heavy (non-hydrogen) atoms. The third-order valence-electron chi connectivity index (χ3n) is 8.15. The summed E-state index contributed by atoms with van der Waals surface area (Å²) in [6, 6.07) is 43.9. The van der Waals surface area contributed by atoms with Gasteiger partial charge in [0.2, 0.25) is 0 Å². The molecule has 0 heterocycles. The van der Waals surface area contributed by atoms with Gasteiger partial charge in [0, 0.05) is 0 Å². The Bertz CT molecular complexity index is 1790. The number of hydrogen-bond donors (Lipinski definition) is 0. The Kier molecular flexibility index (Phi) is 5.75. The van der Waals surface area contributed by atoms with E-state index in [0.717, 1.165) is 28.7 Å². The zero-order valence-corrected chi connectivity index (χ0v) is 22.1. The van der Waals surface area contributed by atoms with E-state index < -0.39 is 5.41 Å². The minimum atomic E-state index is -0.486. The van der Waals surface area contributed by atoms with E-state index in [1.807, 2.05) is 12.1 Å². The van der Waals surface area contributed by atoms with Crippen molar-refractivity contribution in [2.75, 3.05) is 0 Å². The Morgan fingerprint density at radius 2 is 0.925 bits per heavy atom. The Morgan fingerprint density at radius 1 is 0.500 bits per heavy atom. The second-order valence-corrected chi connectivity index (χ2v) is 10.3. The van der Waals surface area contributed by atoms with Crippen LogP contribution in [0.25, 0.3) is 21.5 Å². The minimum absolute atomic E-state index is 0.486. The Morgan fingerprint density at radius 3 is 1.40 bits per heavy atom. The van der Waals surface area contributed by atoms with E-state index in [2.05, 4.69) is 122 Å². The second kappa shape index (κ2) is 9.59. The van der Waals surface area contributed by atoms with Crippen LogP contribution in [0.1, 0.15) is 33.4 Å². The highest BCUT2D eigenvalue weighted by Crippen LogP contribution is 2.51. The van der Waals surface area contributed by atoms with E-state index in [-0.39, 0.29) is 0 Å². The second-order valence-electron chi connectivity index (χ2n) is 10.3. The molecular weight excluding hydrogens is 488 g/mol. The van der Waals surface area contributed by atoms with Gasteiger partial charge in [-0.3, -0.25) is 0 Å². The largest absolute Gasteiger partial charge is 0.466 e. The van der Waals surface area contributed by atoms with Crippen molar-refractivity contribution in [3.05, 3.63) is 180 Å².